The molecular formula is C5H7ClF2O2S. The van der Waals surface area contributed by atoms with Crippen LogP contribution in [0.3, 0.4) is 0 Å². The molecule has 1 atom stereocenters. The lowest BCUT2D eigenvalue weighted by atomic mass is 10.3. The van der Waals surface area contributed by atoms with Gasteiger partial charge in [0.2, 0.25) is 9.05 Å². The maximum atomic E-state index is 12.1. The summed E-state index contributed by atoms with van der Waals surface area (Å²) >= 11 is 0. The molecule has 1 saturated carbocycles. The van der Waals surface area contributed by atoms with Crippen LogP contribution < -0.4 is 0 Å². The Labute approximate surface area is 68.0 Å². The Kier molecular flexibility index (Phi) is 2.13. The highest BCUT2D eigenvalue weighted by atomic mass is 35.7. The topological polar surface area (TPSA) is 34.1 Å². The Balaban J connectivity index is 2.27. The zero-order valence-corrected chi connectivity index (χ0v) is 7.13. The van der Waals surface area contributed by atoms with E-state index < -0.39 is 20.9 Å². The lowest BCUT2D eigenvalue weighted by Gasteiger charge is -1.94. The summed E-state index contributed by atoms with van der Waals surface area (Å²) in [5, 5.41) is 0. The summed E-state index contributed by atoms with van der Waals surface area (Å²) in [6, 6.07) is 0. The second kappa shape index (κ2) is 2.55. The summed E-state index contributed by atoms with van der Waals surface area (Å²) in [7, 11) is 1.23. The maximum absolute atomic E-state index is 12.1. The zero-order chi connectivity index (χ0) is 8.70. The normalized spacial score (nSPS) is 28.5. The van der Waals surface area contributed by atoms with Crippen molar-refractivity contribution in [3.63, 3.8) is 0 Å². The molecule has 0 bridgehead atoms. The number of rotatable bonds is 3. The third kappa shape index (κ3) is 2.91. The first kappa shape index (κ1) is 9.19. The molecule has 0 heterocycles. The van der Waals surface area contributed by atoms with Crippen molar-refractivity contribution in [3.8, 4) is 0 Å². The predicted molar refractivity (Wildman–Crippen MR) is 37.3 cm³/mol. The standard InChI is InChI=1S/C5H7ClF2O2S/c6-11(9,10)2-1-4-3-5(4,7)8/h4H,1-3H2/t4-/m0/s1. The Morgan fingerprint density at radius 1 is 1.55 bits per heavy atom. The predicted octanol–water partition coefficient (Wildman–Crippen LogP) is 1.60. The molecular weight excluding hydrogens is 198 g/mol. The van der Waals surface area contributed by atoms with E-state index >= 15 is 0 Å². The minimum absolute atomic E-state index is 0.0289. The number of hydrogen-bond acceptors (Lipinski definition) is 2. The molecule has 11 heavy (non-hydrogen) atoms. The highest BCUT2D eigenvalue weighted by Gasteiger charge is 2.56. The first-order chi connectivity index (χ1) is 4.81. The van der Waals surface area contributed by atoms with E-state index in [1.165, 1.54) is 0 Å². The molecule has 0 aromatic heterocycles. The van der Waals surface area contributed by atoms with Gasteiger partial charge in [0.1, 0.15) is 0 Å². The number of alkyl halides is 2. The molecule has 0 aliphatic heterocycles. The van der Waals surface area contributed by atoms with Crippen molar-refractivity contribution in [2.75, 3.05) is 5.75 Å². The smallest absolute Gasteiger partial charge is 0.212 e. The molecule has 0 spiro atoms. The molecule has 6 heteroatoms. The van der Waals surface area contributed by atoms with E-state index in [2.05, 4.69) is 0 Å². The maximum Gasteiger partial charge on any atom is 0.251 e. The molecule has 1 aliphatic rings. The van der Waals surface area contributed by atoms with Crippen LogP contribution in [0.25, 0.3) is 0 Å². The largest absolute Gasteiger partial charge is 0.251 e. The van der Waals surface area contributed by atoms with Gasteiger partial charge in [-0.1, -0.05) is 0 Å². The molecule has 2 nitrogen and oxygen atoms in total. The quantitative estimate of drug-likeness (QED) is 0.655. The van der Waals surface area contributed by atoms with Crippen LogP contribution in [0, 0.1) is 5.92 Å². The Morgan fingerprint density at radius 2 is 2.00 bits per heavy atom. The van der Waals surface area contributed by atoms with Crippen molar-refractivity contribution in [3.05, 3.63) is 0 Å². The molecule has 0 N–H and O–H groups in total. The van der Waals surface area contributed by atoms with Crippen LogP contribution in [0.4, 0.5) is 8.78 Å². The van der Waals surface area contributed by atoms with Gasteiger partial charge in [-0.2, -0.15) is 0 Å². The Morgan fingerprint density at radius 3 is 2.27 bits per heavy atom. The summed E-state index contributed by atoms with van der Waals surface area (Å²) < 4.78 is 44.9. The summed E-state index contributed by atoms with van der Waals surface area (Å²) in [6.45, 7) is 0. The third-order valence-corrected chi connectivity index (χ3v) is 2.85. The van der Waals surface area contributed by atoms with E-state index in [9.17, 15) is 17.2 Å². The number of hydrogen-bond donors (Lipinski definition) is 0. The highest BCUT2D eigenvalue weighted by Crippen LogP contribution is 2.50. The average Bonchev–Trinajstić information content (AvgIpc) is 2.33. The van der Waals surface area contributed by atoms with E-state index in [-0.39, 0.29) is 18.6 Å². The minimum Gasteiger partial charge on any atom is -0.212 e. The van der Waals surface area contributed by atoms with Crippen molar-refractivity contribution in [2.45, 2.75) is 18.8 Å². The molecule has 0 amide bonds. The second-order valence-electron chi connectivity index (χ2n) is 2.69. The fourth-order valence-electron chi connectivity index (χ4n) is 0.866. The Bertz CT molecular complexity index is 249. The van der Waals surface area contributed by atoms with E-state index in [0.29, 0.717) is 0 Å². The highest BCUT2D eigenvalue weighted by molar-refractivity contribution is 8.13. The van der Waals surface area contributed by atoms with Crippen LogP contribution in [0.15, 0.2) is 0 Å². The first-order valence-electron chi connectivity index (χ1n) is 3.11. The monoisotopic (exact) mass is 204 g/mol. The van der Waals surface area contributed by atoms with Gasteiger partial charge in [0.15, 0.2) is 0 Å². The van der Waals surface area contributed by atoms with Gasteiger partial charge >= 0.3 is 0 Å². The molecule has 1 aliphatic carbocycles. The molecule has 1 rings (SSSR count). The van der Waals surface area contributed by atoms with Gasteiger partial charge in [-0.25, -0.2) is 17.2 Å². The fraction of sp³-hybridized carbons (Fsp3) is 1.00. The van der Waals surface area contributed by atoms with Crippen molar-refractivity contribution < 1.29 is 17.2 Å². The zero-order valence-electron chi connectivity index (χ0n) is 5.56. The van der Waals surface area contributed by atoms with Crippen LogP contribution in [0.5, 0.6) is 0 Å². The molecule has 0 unspecified atom stereocenters. The van der Waals surface area contributed by atoms with Gasteiger partial charge in [-0.05, 0) is 6.42 Å². The van der Waals surface area contributed by atoms with Crippen molar-refractivity contribution in [2.24, 2.45) is 5.92 Å². The summed E-state index contributed by atoms with van der Waals surface area (Å²) in [5.74, 6) is -3.76. The van der Waals surface area contributed by atoms with Crippen molar-refractivity contribution >= 4 is 19.7 Å². The molecule has 0 radical (unpaired) electrons. The van der Waals surface area contributed by atoms with Gasteiger partial charge in [-0.15, -0.1) is 0 Å². The van der Waals surface area contributed by atoms with Crippen LogP contribution in [0.2, 0.25) is 0 Å². The van der Waals surface area contributed by atoms with E-state index in [4.69, 9.17) is 10.7 Å². The molecule has 0 aromatic carbocycles. The van der Waals surface area contributed by atoms with Gasteiger partial charge in [0, 0.05) is 23.0 Å². The SMILES string of the molecule is O=S(=O)(Cl)CC[C@H]1CC1(F)F. The number of halogens is 3. The van der Waals surface area contributed by atoms with Gasteiger partial charge in [-0.3, -0.25) is 0 Å². The van der Waals surface area contributed by atoms with Crippen LogP contribution >= 0.6 is 10.7 Å². The third-order valence-electron chi connectivity index (χ3n) is 1.67. The molecule has 0 aromatic rings. The molecule has 0 saturated heterocycles. The van der Waals surface area contributed by atoms with Crippen LogP contribution in [0.1, 0.15) is 12.8 Å². The minimum atomic E-state index is -3.59. The van der Waals surface area contributed by atoms with Crippen LogP contribution in [-0.4, -0.2) is 20.1 Å². The van der Waals surface area contributed by atoms with E-state index in [1.807, 2.05) is 0 Å². The lowest BCUT2D eigenvalue weighted by Crippen LogP contribution is -2.01. The summed E-state index contributed by atoms with van der Waals surface area (Å²) in [5.41, 5.74) is 0. The van der Waals surface area contributed by atoms with Gasteiger partial charge < -0.3 is 0 Å². The van der Waals surface area contributed by atoms with Crippen molar-refractivity contribution in [1.82, 2.24) is 0 Å². The van der Waals surface area contributed by atoms with E-state index in [0.717, 1.165) is 0 Å². The molecule has 1 fully saturated rings. The lowest BCUT2D eigenvalue weighted by molar-refractivity contribution is 0.0983. The summed E-state index contributed by atoms with van der Waals surface area (Å²) in [4.78, 5) is 0. The van der Waals surface area contributed by atoms with Gasteiger partial charge in [0.05, 0.1) is 5.75 Å². The summed E-state index contributed by atoms with van der Waals surface area (Å²) in [6.07, 6.45) is -0.224. The Hall–Kier alpha value is 0.1000. The molecule has 66 valence electrons. The average molecular weight is 205 g/mol. The second-order valence-corrected chi connectivity index (χ2v) is 5.59. The fourth-order valence-corrected chi connectivity index (χ4v) is 1.70. The van der Waals surface area contributed by atoms with Crippen LogP contribution in [-0.2, 0) is 9.05 Å². The van der Waals surface area contributed by atoms with E-state index in [1.54, 1.807) is 0 Å². The van der Waals surface area contributed by atoms with Crippen molar-refractivity contribution in [1.29, 1.82) is 0 Å². The van der Waals surface area contributed by atoms with Gasteiger partial charge in [0.25, 0.3) is 5.92 Å². The first-order valence-corrected chi connectivity index (χ1v) is 5.59.